The summed E-state index contributed by atoms with van der Waals surface area (Å²) in [6.45, 7) is 5.32. The van der Waals surface area contributed by atoms with Crippen LogP contribution < -0.4 is 10.5 Å². The van der Waals surface area contributed by atoms with E-state index in [1.165, 1.54) is 0 Å². The van der Waals surface area contributed by atoms with E-state index in [0.717, 1.165) is 0 Å². The molecule has 0 atom stereocenters. The molecule has 0 radical (unpaired) electrons. The summed E-state index contributed by atoms with van der Waals surface area (Å²) in [6.07, 6.45) is 0. The molecule has 2 N–H and O–H groups in total. The lowest BCUT2D eigenvalue weighted by Gasteiger charge is -2.19. The molecule has 4 nitrogen and oxygen atoms in total. The van der Waals surface area contributed by atoms with Gasteiger partial charge in [0.15, 0.2) is 6.61 Å². The fourth-order valence-electron chi connectivity index (χ4n) is 1.73. The number of rotatable bonds is 6. The van der Waals surface area contributed by atoms with Gasteiger partial charge in [-0.25, -0.2) is 0 Å². The second-order valence-corrected chi connectivity index (χ2v) is 4.78. The lowest BCUT2D eigenvalue weighted by molar-refractivity contribution is -0.132. The molecule has 1 amide bonds. The Labute approximate surface area is 123 Å². The van der Waals surface area contributed by atoms with Gasteiger partial charge in [-0.05, 0) is 26.0 Å². The van der Waals surface area contributed by atoms with Crippen molar-refractivity contribution in [3.8, 4) is 5.75 Å². The van der Waals surface area contributed by atoms with Crippen molar-refractivity contribution in [2.45, 2.75) is 20.4 Å². The molecule has 0 bridgehead atoms. The fourth-order valence-corrected chi connectivity index (χ4v) is 2.32. The van der Waals surface area contributed by atoms with E-state index < -0.39 is 0 Å². The molecule has 0 saturated carbocycles. The Bertz CT molecular complexity index is 449. The van der Waals surface area contributed by atoms with Crippen molar-refractivity contribution in [2.24, 2.45) is 5.73 Å². The molecule has 6 heteroatoms. The number of amides is 1. The molecule has 0 aromatic heterocycles. The smallest absolute Gasteiger partial charge is 0.260 e. The third kappa shape index (κ3) is 4.27. The number of hydrogen-bond donors (Lipinski definition) is 1. The molecule has 0 fully saturated rings. The van der Waals surface area contributed by atoms with Gasteiger partial charge < -0.3 is 15.4 Å². The Morgan fingerprint density at radius 2 is 1.95 bits per heavy atom. The van der Waals surface area contributed by atoms with Gasteiger partial charge in [-0.3, -0.25) is 4.79 Å². The van der Waals surface area contributed by atoms with Crippen molar-refractivity contribution in [1.82, 2.24) is 4.90 Å². The summed E-state index contributed by atoms with van der Waals surface area (Å²) in [4.78, 5) is 13.5. The van der Waals surface area contributed by atoms with E-state index in [-0.39, 0.29) is 19.1 Å². The maximum atomic E-state index is 11.9. The van der Waals surface area contributed by atoms with Crippen LogP contribution in [-0.4, -0.2) is 30.5 Å². The molecule has 1 aromatic carbocycles. The van der Waals surface area contributed by atoms with Crippen molar-refractivity contribution in [2.75, 3.05) is 19.7 Å². The van der Waals surface area contributed by atoms with Gasteiger partial charge >= 0.3 is 0 Å². The van der Waals surface area contributed by atoms with Crippen LogP contribution in [0.4, 0.5) is 0 Å². The molecule has 0 heterocycles. The van der Waals surface area contributed by atoms with Gasteiger partial charge in [0, 0.05) is 30.2 Å². The first-order valence-electron chi connectivity index (χ1n) is 6.12. The summed E-state index contributed by atoms with van der Waals surface area (Å²) in [6, 6.07) is 3.25. The lowest BCUT2D eigenvalue weighted by Crippen LogP contribution is -2.34. The second kappa shape index (κ2) is 7.58. The third-order valence-corrected chi connectivity index (χ3v) is 3.26. The van der Waals surface area contributed by atoms with Crippen molar-refractivity contribution >= 4 is 29.1 Å². The Balaban J connectivity index is 2.80. The largest absolute Gasteiger partial charge is 0.482 e. The van der Waals surface area contributed by atoms with Crippen LogP contribution in [0.5, 0.6) is 5.75 Å². The average Bonchev–Trinajstić information content (AvgIpc) is 2.38. The van der Waals surface area contributed by atoms with Crippen LogP contribution in [0.1, 0.15) is 19.4 Å². The van der Waals surface area contributed by atoms with Crippen LogP contribution in [0, 0.1) is 0 Å². The highest BCUT2D eigenvalue weighted by Gasteiger charge is 2.14. The summed E-state index contributed by atoms with van der Waals surface area (Å²) < 4.78 is 5.50. The molecule has 0 saturated heterocycles. The standard InChI is InChI=1S/C13H18Cl2N2O2/c1-3-17(4-2)12(18)8-19-13-9(7-16)5-10(14)6-11(13)15/h5-6H,3-4,7-8,16H2,1-2H3. The molecule has 1 aromatic rings. The Morgan fingerprint density at radius 1 is 1.32 bits per heavy atom. The molecule has 0 aliphatic heterocycles. The Hall–Kier alpha value is -0.970. The summed E-state index contributed by atoms with van der Waals surface area (Å²) >= 11 is 11.9. The van der Waals surface area contributed by atoms with Crippen molar-refractivity contribution in [1.29, 1.82) is 0 Å². The minimum absolute atomic E-state index is 0.0595. The zero-order valence-corrected chi connectivity index (χ0v) is 12.6. The van der Waals surface area contributed by atoms with Crippen molar-refractivity contribution in [3.63, 3.8) is 0 Å². The van der Waals surface area contributed by atoms with Crippen molar-refractivity contribution in [3.05, 3.63) is 27.7 Å². The number of nitrogens with zero attached hydrogens (tertiary/aromatic N) is 1. The third-order valence-electron chi connectivity index (χ3n) is 2.76. The number of benzene rings is 1. The molecule has 0 unspecified atom stereocenters. The summed E-state index contributed by atoms with van der Waals surface area (Å²) in [5.41, 5.74) is 6.30. The van der Waals surface area contributed by atoms with Crippen LogP contribution in [0.25, 0.3) is 0 Å². The second-order valence-electron chi connectivity index (χ2n) is 3.93. The monoisotopic (exact) mass is 304 g/mol. The van der Waals surface area contributed by atoms with Gasteiger partial charge in [-0.15, -0.1) is 0 Å². The van der Waals surface area contributed by atoms with Crippen LogP contribution in [0.2, 0.25) is 10.0 Å². The summed E-state index contributed by atoms with van der Waals surface area (Å²) in [7, 11) is 0. The minimum atomic E-state index is -0.0843. The van der Waals surface area contributed by atoms with Crippen LogP contribution in [-0.2, 0) is 11.3 Å². The SMILES string of the molecule is CCN(CC)C(=O)COc1c(Cl)cc(Cl)cc1CN. The van der Waals surface area contributed by atoms with E-state index in [1.54, 1.807) is 17.0 Å². The van der Waals surface area contributed by atoms with Gasteiger partial charge in [0.25, 0.3) is 5.91 Å². The first kappa shape index (κ1) is 16.1. The maximum absolute atomic E-state index is 11.9. The van der Waals surface area contributed by atoms with E-state index in [4.69, 9.17) is 33.7 Å². The molecular formula is C13H18Cl2N2O2. The molecule has 0 spiro atoms. The Morgan fingerprint density at radius 3 is 2.47 bits per heavy atom. The predicted octanol–water partition coefficient (Wildman–Crippen LogP) is 2.70. The van der Waals surface area contributed by atoms with Gasteiger partial charge in [0.05, 0.1) is 5.02 Å². The highest BCUT2D eigenvalue weighted by molar-refractivity contribution is 6.35. The highest BCUT2D eigenvalue weighted by Crippen LogP contribution is 2.32. The molecular weight excluding hydrogens is 287 g/mol. The number of likely N-dealkylation sites (N-methyl/N-ethyl adjacent to an activating group) is 1. The van der Waals surface area contributed by atoms with E-state index >= 15 is 0 Å². The summed E-state index contributed by atoms with van der Waals surface area (Å²) in [5, 5.41) is 0.855. The van der Waals surface area contributed by atoms with E-state index in [0.29, 0.717) is 34.4 Å². The number of halogens is 2. The van der Waals surface area contributed by atoms with Gasteiger partial charge in [0.1, 0.15) is 5.75 Å². The Kier molecular flexibility index (Phi) is 6.42. The first-order chi connectivity index (χ1) is 9.03. The van der Waals surface area contributed by atoms with E-state index in [2.05, 4.69) is 0 Å². The zero-order chi connectivity index (χ0) is 14.4. The van der Waals surface area contributed by atoms with Gasteiger partial charge in [-0.2, -0.15) is 0 Å². The van der Waals surface area contributed by atoms with Gasteiger partial charge in [-0.1, -0.05) is 23.2 Å². The minimum Gasteiger partial charge on any atom is -0.482 e. The fraction of sp³-hybridized carbons (Fsp3) is 0.462. The summed E-state index contributed by atoms with van der Waals surface area (Å²) in [5.74, 6) is 0.341. The first-order valence-corrected chi connectivity index (χ1v) is 6.87. The number of carbonyl (C=O) groups is 1. The highest BCUT2D eigenvalue weighted by atomic mass is 35.5. The quantitative estimate of drug-likeness (QED) is 0.879. The molecule has 106 valence electrons. The van der Waals surface area contributed by atoms with Crippen LogP contribution in [0.3, 0.4) is 0 Å². The zero-order valence-electron chi connectivity index (χ0n) is 11.1. The molecule has 1 rings (SSSR count). The van der Waals surface area contributed by atoms with Gasteiger partial charge in [0.2, 0.25) is 0 Å². The van der Waals surface area contributed by atoms with Crippen LogP contribution in [0.15, 0.2) is 12.1 Å². The predicted molar refractivity (Wildman–Crippen MR) is 77.8 cm³/mol. The molecule has 19 heavy (non-hydrogen) atoms. The molecule has 0 aliphatic carbocycles. The maximum Gasteiger partial charge on any atom is 0.260 e. The van der Waals surface area contributed by atoms with Crippen LogP contribution >= 0.6 is 23.2 Å². The normalized spacial score (nSPS) is 10.4. The van der Waals surface area contributed by atoms with Crippen molar-refractivity contribution < 1.29 is 9.53 Å². The number of ether oxygens (including phenoxy) is 1. The van der Waals surface area contributed by atoms with E-state index in [9.17, 15) is 4.79 Å². The topological polar surface area (TPSA) is 55.6 Å². The lowest BCUT2D eigenvalue weighted by atomic mass is 10.2. The number of carbonyl (C=O) groups excluding carboxylic acids is 1. The average molecular weight is 305 g/mol. The molecule has 0 aliphatic rings. The number of nitrogens with two attached hydrogens (primary N) is 1. The number of hydrogen-bond acceptors (Lipinski definition) is 3. The van der Waals surface area contributed by atoms with E-state index in [1.807, 2.05) is 13.8 Å².